The van der Waals surface area contributed by atoms with Gasteiger partial charge in [0.2, 0.25) is 9.04 Å². The van der Waals surface area contributed by atoms with Crippen molar-refractivity contribution in [3.63, 3.8) is 0 Å². The van der Waals surface area contributed by atoms with Crippen LogP contribution in [0, 0.1) is 6.92 Å². The van der Waals surface area contributed by atoms with Crippen molar-refractivity contribution in [2.45, 2.75) is 53.1 Å². The van der Waals surface area contributed by atoms with Crippen LogP contribution in [-0.4, -0.2) is 14.4 Å². The van der Waals surface area contributed by atoms with Gasteiger partial charge >= 0.3 is 0 Å². The maximum absolute atomic E-state index is 6.04. The lowest BCUT2D eigenvalue weighted by molar-refractivity contribution is 0.517. The van der Waals surface area contributed by atoms with E-state index < -0.39 is 9.04 Å². The van der Waals surface area contributed by atoms with E-state index in [1.807, 2.05) is 6.92 Å². The van der Waals surface area contributed by atoms with Gasteiger partial charge in [-0.25, -0.2) is 0 Å². The van der Waals surface area contributed by atoms with Crippen molar-refractivity contribution in [3.05, 3.63) is 29.3 Å². The summed E-state index contributed by atoms with van der Waals surface area (Å²) in [6.45, 7) is 15.3. The van der Waals surface area contributed by atoms with Crippen LogP contribution < -0.4 is 4.43 Å². The Morgan fingerprint density at radius 2 is 1.72 bits per heavy atom. The third-order valence-corrected chi connectivity index (χ3v) is 3.08. The first-order valence-electron chi connectivity index (χ1n) is 6.56. The first-order chi connectivity index (χ1) is 8.23. The smallest absolute Gasteiger partial charge is 0.229 e. The standard InChI is InChI=1S/C13H22OSi.C2H5Br/c1-10-8-7-9-11(13(2,3)4)12(10)14-15(5)6;1-2-3/h7-9,15H,1-6H3;2H2,1H3. The number of para-hydroxylation sites is 1. The third kappa shape index (κ3) is 6.05. The first kappa shape index (κ1) is 17.7. The van der Waals surface area contributed by atoms with Gasteiger partial charge in [0.15, 0.2) is 0 Å². The molecule has 1 aromatic carbocycles. The molecule has 0 heterocycles. The minimum Gasteiger partial charge on any atom is -0.547 e. The zero-order chi connectivity index (χ0) is 14.3. The van der Waals surface area contributed by atoms with E-state index in [1.54, 1.807) is 0 Å². The van der Waals surface area contributed by atoms with Gasteiger partial charge in [-0.3, -0.25) is 0 Å². The van der Waals surface area contributed by atoms with E-state index in [-0.39, 0.29) is 5.41 Å². The number of hydrogen-bond acceptors (Lipinski definition) is 1. The van der Waals surface area contributed by atoms with Gasteiger partial charge in [-0.05, 0) is 36.6 Å². The Bertz CT molecular complexity index is 356. The molecule has 0 spiro atoms. The lowest BCUT2D eigenvalue weighted by Crippen LogP contribution is -2.19. The van der Waals surface area contributed by atoms with E-state index in [9.17, 15) is 0 Å². The predicted octanol–water partition coefficient (Wildman–Crippen LogP) is 5.06. The number of alkyl halides is 1. The van der Waals surface area contributed by atoms with Gasteiger partial charge in [0.25, 0.3) is 0 Å². The average molecular weight is 331 g/mol. The van der Waals surface area contributed by atoms with Crippen molar-refractivity contribution in [1.29, 1.82) is 0 Å². The van der Waals surface area contributed by atoms with Gasteiger partial charge in [0.05, 0.1) is 0 Å². The maximum Gasteiger partial charge on any atom is 0.229 e. The lowest BCUT2D eigenvalue weighted by Gasteiger charge is -2.25. The third-order valence-electron chi connectivity index (χ3n) is 2.37. The molecule has 0 aliphatic rings. The molecule has 0 unspecified atom stereocenters. The minimum atomic E-state index is -1.03. The fraction of sp³-hybridized carbons (Fsp3) is 0.600. The summed E-state index contributed by atoms with van der Waals surface area (Å²) in [6.07, 6.45) is 0. The van der Waals surface area contributed by atoms with Crippen LogP contribution in [0.4, 0.5) is 0 Å². The van der Waals surface area contributed by atoms with Gasteiger partial charge in [-0.2, -0.15) is 0 Å². The maximum atomic E-state index is 6.04. The topological polar surface area (TPSA) is 9.23 Å². The van der Waals surface area contributed by atoms with E-state index in [4.69, 9.17) is 4.43 Å². The molecule has 0 amide bonds. The second kappa shape index (κ2) is 8.00. The second-order valence-electron chi connectivity index (χ2n) is 5.64. The summed E-state index contributed by atoms with van der Waals surface area (Å²) in [4.78, 5) is 0. The van der Waals surface area contributed by atoms with Crippen molar-refractivity contribution in [2.24, 2.45) is 0 Å². The Kier molecular flexibility index (Phi) is 7.88. The molecule has 1 rings (SSSR count). The normalized spacial score (nSPS) is 10.9. The summed E-state index contributed by atoms with van der Waals surface area (Å²) >= 11 is 3.15. The average Bonchev–Trinajstić information content (AvgIpc) is 2.20. The van der Waals surface area contributed by atoms with Crippen molar-refractivity contribution < 1.29 is 4.43 Å². The molecule has 0 aliphatic heterocycles. The molecule has 1 aromatic rings. The van der Waals surface area contributed by atoms with Crippen molar-refractivity contribution in [2.75, 3.05) is 5.33 Å². The zero-order valence-corrected chi connectivity index (χ0v) is 15.5. The van der Waals surface area contributed by atoms with Crippen LogP contribution in [0.2, 0.25) is 13.1 Å². The molecule has 0 bridgehead atoms. The second-order valence-corrected chi connectivity index (χ2v) is 9.09. The quantitative estimate of drug-likeness (QED) is 0.544. The number of rotatable bonds is 2. The molecule has 0 saturated heterocycles. The largest absolute Gasteiger partial charge is 0.547 e. The Morgan fingerprint density at radius 1 is 1.22 bits per heavy atom. The molecule has 0 saturated carbocycles. The van der Waals surface area contributed by atoms with Crippen LogP contribution >= 0.6 is 15.9 Å². The number of hydrogen-bond donors (Lipinski definition) is 0. The van der Waals surface area contributed by atoms with E-state index in [0.717, 1.165) is 11.1 Å². The van der Waals surface area contributed by atoms with Crippen molar-refractivity contribution in [1.82, 2.24) is 0 Å². The molecule has 1 nitrogen and oxygen atoms in total. The van der Waals surface area contributed by atoms with E-state index in [0.29, 0.717) is 0 Å². The van der Waals surface area contributed by atoms with Crippen LogP contribution in [0.1, 0.15) is 38.8 Å². The van der Waals surface area contributed by atoms with Crippen molar-refractivity contribution in [3.8, 4) is 5.75 Å². The molecule has 104 valence electrons. The predicted molar refractivity (Wildman–Crippen MR) is 88.9 cm³/mol. The number of aryl methyl sites for hydroxylation is 1. The SMILES string of the molecule is CCBr.Cc1cccc(C(C)(C)C)c1O[SiH](C)C. The molecule has 0 radical (unpaired) electrons. The molecule has 0 aliphatic carbocycles. The molecule has 3 heteroatoms. The van der Waals surface area contributed by atoms with Crippen LogP contribution in [-0.2, 0) is 5.41 Å². The Morgan fingerprint density at radius 3 is 2.11 bits per heavy atom. The van der Waals surface area contributed by atoms with Gasteiger partial charge in [0, 0.05) is 5.33 Å². The molecule has 0 aromatic heterocycles. The minimum absolute atomic E-state index is 0.157. The monoisotopic (exact) mass is 330 g/mol. The zero-order valence-electron chi connectivity index (χ0n) is 12.8. The Labute approximate surface area is 123 Å². The summed E-state index contributed by atoms with van der Waals surface area (Å²) in [7, 11) is -1.03. The summed E-state index contributed by atoms with van der Waals surface area (Å²) in [5.74, 6) is 1.12. The highest BCUT2D eigenvalue weighted by Crippen LogP contribution is 2.33. The van der Waals surface area contributed by atoms with Gasteiger partial charge < -0.3 is 4.43 Å². The van der Waals surface area contributed by atoms with Gasteiger partial charge in [0.1, 0.15) is 5.75 Å². The first-order valence-corrected chi connectivity index (χ1v) is 10.5. The van der Waals surface area contributed by atoms with Crippen LogP contribution in [0.3, 0.4) is 0 Å². The highest BCUT2D eigenvalue weighted by atomic mass is 79.9. The molecule has 0 N–H and O–H groups in total. The summed E-state index contributed by atoms with van der Waals surface area (Å²) in [5, 5.41) is 1.06. The van der Waals surface area contributed by atoms with Crippen LogP contribution in [0.5, 0.6) is 5.75 Å². The van der Waals surface area contributed by atoms with Gasteiger partial charge in [-0.15, -0.1) is 0 Å². The summed E-state index contributed by atoms with van der Waals surface area (Å²) in [6, 6.07) is 6.42. The molecular formula is C15H27BrOSi. The van der Waals surface area contributed by atoms with Crippen LogP contribution in [0.15, 0.2) is 18.2 Å². The van der Waals surface area contributed by atoms with E-state index >= 15 is 0 Å². The summed E-state index contributed by atoms with van der Waals surface area (Å²) < 4.78 is 6.04. The highest BCUT2D eigenvalue weighted by molar-refractivity contribution is 9.09. The molecule has 0 atom stereocenters. The molecular weight excluding hydrogens is 304 g/mol. The summed E-state index contributed by atoms with van der Waals surface area (Å²) in [5.41, 5.74) is 2.73. The highest BCUT2D eigenvalue weighted by Gasteiger charge is 2.20. The van der Waals surface area contributed by atoms with Crippen LogP contribution in [0.25, 0.3) is 0 Å². The number of benzene rings is 1. The fourth-order valence-electron chi connectivity index (χ4n) is 1.64. The Balaban J connectivity index is 0.000000873. The number of halogens is 1. The van der Waals surface area contributed by atoms with Crippen molar-refractivity contribution >= 4 is 25.0 Å². The Hall–Kier alpha value is -0.283. The molecule has 18 heavy (non-hydrogen) atoms. The lowest BCUT2D eigenvalue weighted by atomic mass is 9.85. The van der Waals surface area contributed by atoms with E-state index in [1.165, 1.54) is 11.1 Å². The fourth-order valence-corrected chi connectivity index (χ4v) is 2.42. The van der Waals surface area contributed by atoms with E-state index in [2.05, 4.69) is 74.9 Å². The van der Waals surface area contributed by atoms with Gasteiger partial charge in [-0.1, -0.05) is 61.8 Å². The molecule has 0 fully saturated rings.